The van der Waals surface area contributed by atoms with Crippen molar-refractivity contribution in [1.29, 1.82) is 0 Å². The Balaban J connectivity index is 1.80. The average molecular weight is 420 g/mol. The first-order valence-corrected chi connectivity index (χ1v) is 10.0. The van der Waals surface area contributed by atoms with Gasteiger partial charge in [0.1, 0.15) is 45.3 Å². The van der Waals surface area contributed by atoms with E-state index >= 15 is 0 Å². The Bertz CT molecular complexity index is 1290. The molecule has 1 aliphatic rings. The van der Waals surface area contributed by atoms with Crippen LogP contribution in [0.4, 0.5) is 0 Å². The SMILES string of the molecule is CC(C)=CCC[C@@]1(C)C=Cc2c(cc3oc(-c4ccc(O)cc4O)cc(=O)c3c2O)O1. The highest BCUT2D eigenvalue weighted by molar-refractivity contribution is 5.91. The Hall–Kier alpha value is -3.67. The van der Waals surface area contributed by atoms with Gasteiger partial charge in [0.05, 0.1) is 11.1 Å². The van der Waals surface area contributed by atoms with E-state index in [4.69, 9.17) is 9.15 Å². The minimum Gasteiger partial charge on any atom is -0.508 e. The lowest BCUT2D eigenvalue weighted by Gasteiger charge is -2.31. The Labute approximate surface area is 179 Å². The molecule has 0 unspecified atom stereocenters. The monoisotopic (exact) mass is 420 g/mol. The number of allylic oxidation sites excluding steroid dienone is 2. The first-order valence-electron chi connectivity index (χ1n) is 10.0. The van der Waals surface area contributed by atoms with E-state index in [0.29, 0.717) is 11.3 Å². The topological polar surface area (TPSA) is 100 Å². The lowest BCUT2D eigenvalue weighted by atomic mass is 9.93. The van der Waals surface area contributed by atoms with Crippen molar-refractivity contribution in [2.24, 2.45) is 0 Å². The van der Waals surface area contributed by atoms with Crippen LogP contribution >= 0.6 is 0 Å². The molecule has 0 radical (unpaired) electrons. The molecule has 3 aromatic rings. The number of fused-ring (bicyclic) bond motifs is 2. The van der Waals surface area contributed by atoms with E-state index in [-0.39, 0.29) is 39.5 Å². The smallest absolute Gasteiger partial charge is 0.197 e. The molecule has 0 fully saturated rings. The number of aromatic hydroxyl groups is 3. The maximum atomic E-state index is 12.8. The third-order valence-corrected chi connectivity index (χ3v) is 5.38. The van der Waals surface area contributed by atoms with E-state index in [2.05, 4.69) is 6.08 Å². The van der Waals surface area contributed by atoms with Crippen LogP contribution in [0.15, 0.2) is 57.3 Å². The van der Waals surface area contributed by atoms with Gasteiger partial charge in [-0.2, -0.15) is 0 Å². The van der Waals surface area contributed by atoms with Crippen LogP contribution in [0.3, 0.4) is 0 Å². The number of hydrogen-bond acceptors (Lipinski definition) is 6. The van der Waals surface area contributed by atoms with Crippen LogP contribution < -0.4 is 10.2 Å². The maximum absolute atomic E-state index is 12.8. The van der Waals surface area contributed by atoms with Gasteiger partial charge in [0.2, 0.25) is 0 Å². The van der Waals surface area contributed by atoms with Crippen LogP contribution in [0.2, 0.25) is 0 Å². The van der Waals surface area contributed by atoms with Crippen molar-refractivity contribution in [2.45, 2.75) is 39.2 Å². The predicted molar refractivity (Wildman–Crippen MR) is 120 cm³/mol. The zero-order chi connectivity index (χ0) is 22.3. The molecule has 0 aliphatic carbocycles. The number of benzene rings is 2. The van der Waals surface area contributed by atoms with Gasteiger partial charge in [0.15, 0.2) is 5.43 Å². The van der Waals surface area contributed by atoms with Crippen molar-refractivity contribution in [2.75, 3.05) is 0 Å². The summed E-state index contributed by atoms with van der Waals surface area (Å²) in [6.07, 6.45) is 7.40. The fraction of sp³-hybridized carbons (Fsp3) is 0.240. The van der Waals surface area contributed by atoms with Crippen LogP contribution in [-0.2, 0) is 0 Å². The van der Waals surface area contributed by atoms with Gasteiger partial charge in [0, 0.05) is 18.2 Å². The van der Waals surface area contributed by atoms with Crippen molar-refractivity contribution in [1.82, 2.24) is 0 Å². The van der Waals surface area contributed by atoms with Gasteiger partial charge in [0.25, 0.3) is 0 Å². The zero-order valence-corrected chi connectivity index (χ0v) is 17.6. The summed E-state index contributed by atoms with van der Waals surface area (Å²) in [6, 6.07) is 6.80. The van der Waals surface area contributed by atoms with Crippen LogP contribution in [0.1, 0.15) is 39.2 Å². The highest BCUT2D eigenvalue weighted by Gasteiger charge is 2.30. The molecule has 0 amide bonds. The Morgan fingerprint density at radius 2 is 1.90 bits per heavy atom. The van der Waals surface area contributed by atoms with Crippen molar-refractivity contribution < 1.29 is 24.5 Å². The Kier molecular flexibility index (Phi) is 5.01. The standard InChI is InChI=1S/C25H24O6/c1-14(2)5-4-9-25(3)10-8-17-21(31-25)13-22-23(24(17)29)19(28)12-20(30-22)16-7-6-15(26)11-18(16)27/h5-8,10-13,26-27,29H,4,9H2,1-3H3/t25-/m0/s1. The predicted octanol–water partition coefficient (Wildman–Crippen LogP) is 5.49. The first-order chi connectivity index (χ1) is 14.7. The Morgan fingerprint density at radius 3 is 2.61 bits per heavy atom. The molecule has 1 atom stereocenters. The van der Waals surface area contributed by atoms with Crippen LogP contribution in [0.25, 0.3) is 28.4 Å². The van der Waals surface area contributed by atoms with Crippen molar-refractivity contribution >= 4 is 17.0 Å². The summed E-state index contributed by atoms with van der Waals surface area (Å²) in [5.74, 6) is -0.000765. The van der Waals surface area contributed by atoms with Gasteiger partial charge < -0.3 is 24.5 Å². The molecule has 4 rings (SSSR count). The molecular weight excluding hydrogens is 396 g/mol. The number of ether oxygens (including phenoxy) is 1. The molecule has 6 heteroatoms. The van der Waals surface area contributed by atoms with E-state index in [1.807, 2.05) is 26.8 Å². The Morgan fingerprint density at radius 1 is 1.13 bits per heavy atom. The molecule has 0 bridgehead atoms. The number of phenolic OH excluding ortho intramolecular Hbond substituents is 3. The molecule has 0 saturated carbocycles. The summed E-state index contributed by atoms with van der Waals surface area (Å²) in [6.45, 7) is 6.06. The van der Waals surface area contributed by atoms with Gasteiger partial charge >= 0.3 is 0 Å². The van der Waals surface area contributed by atoms with Gasteiger partial charge in [-0.25, -0.2) is 0 Å². The van der Waals surface area contributed by atoms with E-state index < -0.39 is 11.0 Å². The first kappa shape index (κ1) is 20.6. The largest absolute Gasteiger partial charge is 0.508 e. The summed E-state index contributed by atoms with van der Waals surface area (Å²) in [7, 11) is 0. The second-order valence-electron chi connectivity index (χ2n) is 8.25. The molecule has 1 aliphatic heterocycles. The second-order valence-corrected chi connectivity index (χ2v) is 8.25. The molecule has 160 valence electrons. The minimum absolute atomic E-state index is 0.0437. The average Bonchev–Trinajstić information content (AvgIpc) is 2.66. The zero-order valence-electron chi connectivity index (χ0n) is 17.6. The van der Waals surface area contributed by atoms with Crippen LogP contribution in [0.5, 0.6) is 23.0 Å². The lowest BCUT2D eigenvalue weighted by Crippen LogP contribution is -2.31. The number of phenols is 3. The maximum Gasteiger partial charge on any atom is 0.197 e. The fourth-order valence-electron chi connectivity index (χ4n) is 3.73. The molecule has 0 saturated heterocycles. The molecule has 0 spiro atoms. The summed E-state index contributed by atoms with van der Waals surface area (Å²) < 4.78 is 12.1. The van der Waals surface area contributed by atoms with E-state index in [1.54, 1.807) is 12.1 Å². The van der Waals surface area contributed by atoms with E-state index in [9.17, 15) is 20.1 Å². The summed E-state index contributed by atoms with van der Waals surface area (Å²) in [5.41, 5.74) is 1.05. The van der Waals surface area contributed by atoms with Gasteiger partial charge in [-0.05, 0) is 57.9 Å². The van der Waals surface area contributed by atoms with Crippen LogP contribution in [-0.4, -0.2) is 20.9 Å². The highest BCUT2D eigenvalue weighted by atomic mass is 16.5. The van der Waals surface area contributed by atoms with E-state index in [0.717, 1.165) is 18.9 Å². The normalized spacial score (nSPS) is 17.3. The summed E-state index contributed by atoms with van der Waals surface area (Å²) in [4.78, 5) is 12.8. The molecular formula is C25H24O6. The molecule has 2 heterocycles. The minimum atomic E-state index is -0.563. The quantitative estimate of drug-likeness (QED) is 0.483. The molecule has 1 aromatic heterocycles. The van der Waals surface area contributed by atoms with Gasteiger partial charge in [-0.15, -0.1) is 0 Å². The third-order valence-electron chi connectivity index (χ3n) is 5.38. The number of hydrogen-bond donors (Lipinski definition) is 3. The van der Waals surface area contributed by atoms with E-state index in [1.165, 1.54) is 23.8 Å². The third kappa shape index (κ3) is 3.89. The second kappa shape index (κ2) is 7.54. The molecule has 6 nitrogen and oxygen atoms in total. The lowest BCUT2D eigenvalue weighted by molar-refractivity contribution is 0.128. The fourth-order valence-corrected chi connectivity index (χ4v) is 3.73. The van der Waals surface area contributed by atoms with Gasteiger partial charge in [-0.3, -0.25) is 4.79 Å². The van der Waals surface area contributed by atoms with Crippen LogP contribution in [0, 0.1) is 0 Å². The highest BCUT2D eigenvalue weighted by Crippen LogP contribution is 2.43. The molecule has 3 N–H and O–H groups in total. The van der Waals surface area contributed by atoms with Crippen molar-refractivity contribution in [3.63, 3.8) is 0 Å². The van der Waals surface area contributed by atoms with Crippen molar-refractivity contribution in [3.8, 4) is 34.3 Å². The molecule has 31 heavy (non-hydrogen) atoms. The van der Waals surface area contributed by atoms with Crippen molar-refractivity contribution in [3.05, 3.63) is 63.8 Å². The summed E-state index contributed by atoms with van der Waals surface area (Å²) >= 11 is 0. The van der Waals surface area contributed by atoms with Gasteiger partial charge in [-0.1, -0.05) is 11.6 Å². The molecule has 2 aromatic carbocycles. The summed E-state index contributed by atoms with van der Waals surface area (Å²) in [5, 5.41) is 30.5. The number of rotatable bonds is 4.